The second-order valence-electron chi connectivity index (χ2n) is 15.4. The highest BCUT2D eigenvalue weighted by atomic mass is 15.1. The van der Waals surface area contributed by atoms with Crippen molar-refractivity contribution in [2.45, 2.75) is 19.3 Å². The van der Waals surface area contributed by atoms with Crippen LogP contribution in [-0.4, -0.2) is 0 Å². The van der Waals surface area contributed by atoms with Gasteiger partial charge in [-0.25, -0.2) is 0 Å². The zero-order chi connectivity index (χ0) is 37.6. The molecule has 0 saturated carbocycles. The molecule has 0 N–H and O–H groups in total. The quantitative estimate of drug-likeness (QED) is 0.159. The summed E-state index contributed by atoms with van der Waals surface area (Å²) in [5.41, 5.74) is 18.5. The van der Waals surface area contributed by atoms with Gasteiger partial charge in [-0.15, -0.1) is 0 Å². The summed E-state index contributed by atoms with van der Waals surface area (Å²) in [7, 11) is 0. The summed E-state index contributed by atoms with van der Waals surface area (Å²) >= 11 is 0. The normalized spacial score (nSPS) is 12.6. The Kier molecular flexibility index (Phi) is 8.23. The molecule has 0 heterocycles. The zero-order valence-corrected chi connectivity index (χ0v) is 31.7. The van der Waals surface area contributed by atoms with Crippen LogP contribution in [0.2, 0.25) is 0 Å². The summed E-state index contributed by atoms with van der Waals surface area (Å²) in [4.78, 5) is 2.35. The third kappa shape index (κ3) is 5.81. The molecule has 0 atom stereocenters. The molecule has 9 aromatic carbocycles. The molecule has 56 heavy (non-hydrogen) atoms. The largest absolute Gasteiger partial charge is 0.311 e. The summed E-state index contributed by atoms with van der Waals surface area (Å²) in [6, 6.07) is 77.3. The van der Waals surface area contributed by atoms with E-state index in [0.717, 1.165) is 17.1 Å². The van der Waals surface area contributed by atoms with Crippen molar-refractivity contribution in [3.63, 3.8) is 0 Å². The van der Waals surface area contributed by atoms with Crippen molar-refractivity contribution in [2.24, 2.45) is 0 Å². The van der Waals surface area contributed by atoms with E-state index in [-0.39, 0.29) is 5.41 Å². The molecular weight excluding hydrogens is 675 g/mol. The van der Waals surface area contributed by atoms with Gasteiger partial charge < -0.3 is 4.90 Å². The predicted octanol–water partition coefficient (Wildman–Crippen LogP) is 15.3. The van der Waals surface area contributed by atoms with Gasteiger partial charge in [-0.3, -0.25) is 0 Å². The first-order chi connectivity index (χ1) is 27.5. The van der Waals surface area contributed by atoms with Gasteiger partial charge in [-0.2, -0.15) is 0 Å². The van der Waals surface area contributed by atoms with Crippen molar-refractivity contribution in [1.29, 1.82) is 0 Å². The minimum Gasteiger partial charge on any atom is -0.311 e. The Labute approximate surface area is 329 Å². The first kappa shape index (κ1) is 33.6. The van der Waals surface area contributed by atoms with Gasteiger partial charge >= 0.3 is 0 Å². The standard InChI is InChI=1S/C55H41N/c1-55(2)52-37-44(28-35-50(52)53-51(43-18-10-5-11-19-43)36-45-20-12-13-21-49(45)54(53)55)42-26-33-48(34-27-42)56(46-29-22-40(23-30-46)38-14-6-3-7-15-38)47-31-24-41(25-32-47)39-16-8-4-9-17-39/h3-37H,1-2H3. The fourth-order valence-corrected chi connectivity index (χ4v) is 8.83. The third-order valence-corrected chi connectivity index (χ3v) is 11.6. The summed E-state index contributed by atoms with van der Waals surface area (Å²) in [6.45, 7) is 4.80. The fourth-order valence-electron chi connectivity index (χ4n) is 8.83. The fraction of sp³-hybridized carbons (Fsp3) is 0.0545. The Bertz CT molecular complexity index is 2740. The van der Waals surface area contributed by atoms with Crippen LogP contribution >= 0.6 is 0 Å². The van der Waals surface area contributed by atoms with Gasteiger partial charge in [0.05, 0.1) is 0 Å². The molecular formula is C55H41N. The molecule has 0 bridgehead atoms. The lowest BCUT2D eigenvalue weighted by Crippen LogP contribution is -2.15. The topological polar surface area (TPSA) is 3.24 Å². The van der Waals surface area contributed by atoms with E-state index in [1.807, 2.05) is 0 Å². The number of benzene rings is 9. The maximum Gasteiger partial charge on any atom is 0.0462 e. The van der Waals surface area contributed by atoms with Crippen LogP contribution in [0.3, 0.4) is 0 Å². The van der Waals surface area contributed by atoms with E-state index in [9.17, 15) is 0 Å². The van der Waals surface area contributed by atoms with Gasteiger partial charge in [0.1, 0.15) is 0 Å². The highest BCUT2D eigenvalue weighted by Crippen LogP contribution is 2.55. The Morgan fingerprint density at radius 3 is 1.27 bits per heavy atom. The molecule has 1 aliphatic rings. The van der Waals surface area contributed by atoms with Crippen molar-refractivity contribution in [3.05, 3.63) is 223 Å². The summed E-state index contributed by atoms with van der Waals surface area (Å²) in [6.07, 6.45) is 0. The van der Waals surface area contributed by atoms with Crippen molar-refractivity contribution in [2.75, 3.05) is 4.90 Å². The molecule has 1 aliphatic carbocycles. The molecule has 0 radical (unpaired) electrons. The molecule has 1 nitrogen and oxygen atoms in total. The molecule has 266 valence electrons. The predicted molar refractivity (Wildman–Crippen MR) is 238 cm³/mol. The lowest BCUT2D eigenvalue weighted by molar-refractivity contribution is 0.666. The van der Waals surface area contributed by atoms with Gasteiger partial charge in [0.25, 0.3) is 0 Å². The van der Waals surface area contributed by atoms with Crippen LogP contribution in [0.25, 0.3) is 66.4 Å². The average Bonchev–Trinajstić information content (AvgIpc) is 3.51. The lowest BCUT2D eigenvalue weighted by atomic mass is 9.79. The van der Waals surface area contributed by atoms with Gasteiger partial charge in [0.2, 0.25) is 0 Å². The van der Waals surface area contributed by atoms with Crippen LogP contribution in [-0.2, 0) is 5.41 Å². The van der Waals surface area contributed by atoms with Gasteiger partial charge in [0.15, 0.2) is 0 Å². The Morgan fingerprint density at radius 2 is 0.750 bits per heavy atom. The highest BCUT2D eigenvalue weighted by molar-refractivity contribution is 6.05. The van der Waals surface area contributed by atoms with Crippen LogP contribution in [0, 0.1) is 0 Å². The van der Waals surface area contributed by atoms with E-state index in [1.165, 1.54) is 77.5 Å². The maximum atomic E-state index is 2.44. The van der Waals surface area contributed by atoms with Gasteiger partial charge in [-0.1, -0.05) is 178 Å². The highest BCUT2D eigenvalue weighted by Gasteiger charge is 2.39. The molecule has 9 aromatic rings. The summed E-state index contributed by atoms with van der Waals surface area (Å²) < 4.78 is 0. The van der Waals surface area contributed by atoms with Crippen LogP contribution in [0.4, 0.5) is 17.1 Å². The number of hydrogen-bond acceptors (Lipinski definition) is 1. The van der Waals surface area contributed by atoms with E-state index < -0.39 is 0 Å². The molecule has 0 saturated heterocycles. The number of nitrogens with zero attached hydrogens (tertiary/aromatic N) is 1. The molecule has 10 rings (SSSR count). The minimum absolute atomic E-state index is 0.167. The molecule has 0 unspecified atom stereocenters. The Hall–Kier alpha value is -6.96. The molecule has 0 aliphatic heterocycles. The van der Waals surface area contributed by atoms with Gasteiger partial charge in [-0.05, 0) is 126 Å². The smallest absolute Gasteiger partial charge is 0.0462 e. The van der Waals surface area contributed by atoms with E-state index >= 15 is 0 Å². The Balaban J connectivity index is 1.04. The minimum atomic E-state index is -0.167. The van der Waals surface area contributed by atoms with Crippen molar-refractivity contribution < 1.29 is 0 Å². The second kappa shape index (κ2) is 13.7. The average molecular weight is 716 g/mol. The van der Waals surface area contributed by atoms with Crippen LogP contribution in [0.5, 0.6) is 0 Å². The molecule has 0 fully saturated rings. The second-order valence-corrected chi connectivity index (χ2v) is 15.4. The van der Waals surface area contributed by atoms with E-state index in [0.29, 0.717) is 0 Å². The van der Waals surface area contributed by atoms with Crippen LogP contribution in [0.1, 0.15) is 25.0 Å². The van der Waals surface area contributed by atoms with Gasteiger partial charge in [0, 0.05) is 22.5 Å². The monoisotopic (exact) mass is 715 g/mol. The first-order valence-corrected chi connectivity index (χ1v) is 19.5. The number of hydrogen-bond donors (Lipinski definition) is 0. The van der Waals surface area contributed by atoms with E-state index in [4.69, 9.17) is 0 Å². The lowest BCUT2D eigenvalue weighted by Gasteiger charge is -2.26. The van der Waals surface area contributed by atoms with E-state index in [2.05, 4.69) is 231 Å². The molecule has 0 aromatic heterocycles. The van der Waals surface area contributed by atoms with Crippen molar-refractivity contribution in [1.82, 2.24) is 0 Å². The van der Waals surface area contributed by atoms with E-state index in [1.54, 1.807) is 0 Å². The Morgan fingerprint density at radius 1 is 0.339 bits per heavy atom. The number of anilines is 3. The maximum absolute atomic E-state index is 2.44. The third-order valence-electron chi connectivity index (χ3n) is 11.6. The number of fused-ring (bicyclic) bond motifs is 5. The summed E-state index contributed by atoms with van der Waals surface area (Å²) in [5, 5.41) is 2.62. The van der Waals surface area contributed by atoms with Crippen molar-refractivity contribution in [3.8, 4) is 55.6 Å². The SMILES string of the molecule is CC1(C)c2cc(-c3ccc(N(c4ccc(-c5ccccc5)cc4)c4ccc(-c5ccccc5)cc4)cc3)ccc2-c2c(-c3ccccc3)cc3ccccc3c21. The number of rotatable bonds is 7. The first-order valence-electron chi connectivity index (χ1n) is 19.5. The van der Waals surface area contributed by atoms with Crippen LogP contribution in [0.15, 0.2) is 212 Å². The van der Waals surface area contributed by atoms with Crippen LogP contribution < -0.4 is 4.90 Å². The summed E-state index contributed by atoms with van der Waals surface area (Å²) in [5.74, 6) is 0. The molecule has 1 heteroatoms. The molecule has 0 amide bonds. The van der Waals surface area contributed by atoms with Crippen molar-refractivity contribution >= 4 is 27.8 Å². The zero-order valence-electron chi connectivity index (χ0n) is 31.7. The molecule has 0 spiro atoms.